The molecule has 0 aliphatic carbocycles. The maximum absolute atomic E-state index is 11.5. The van der Waals surface area contributed by atoms with E-state index < -0.39 is 28.3 Å². The first-order chi connectivity index (χ1) is 12.7. The van der Waals surface area contributed by atoms with Crippen LogP contribution in [0.4, 0.5) is 0 Å². The van der Waals surface area contributed by atoms with Gasteiger partial charge in [-0.2, -0.15) is 0 Å². The van der Waals surface area contributed by atoms with Crippen LogP contribution in [0.25, 0.3) is 10.2 Å². The average molecular weight is 469 g/mol. The van der Waals surface area contributed by atoms with Gasteiger partial charge in [-0.1, -0.05) is 10.6 Å². The van der Waals surface area contributed by atoms with Crippen molar-refractivity contribution in [2.45, 2.75) is 76.3 Å². The van der Waals surface area contributed by atoms with Crippen molar-refractivity contribution in [3.05, 3.63) is 22.2 Å². The van der Waals surface area contributed by atoms with Gasteiger partial charge in [0.05, 0.1) is 27.1 Å². The summed E-state index contributed by atoms with van der Waals surface area (Å²) in [6, 6.07) is 3.88. The number of fused-ring (bicyclic) bond motifs is 1. The van der Waals surface area contributed by atoms with Gasteiger partial charge in [0, 0.05) is 10.4 Å². The Morgan fingerprint density at radius 1 is 1.25 bits per heavy atom. The topological polar surface area (TPSA) is 84.7 Å². The van der Waals surface area contributed by atoms with E-state index in [2.05, 4.69) is 25.5 Å². The lowest BCUT2D eigenvalue weighted by atomic mass is 9.63. The first-order valence-corrected chi connectivity index (χ1v) is 11.0. The van der Waals surface area contributed by atoms with E-state index >= 15 is 0 Å². The van der Waals surface area contributed by atoms with Gasteiger partial charge in [-0.05, 0) is 87.1 Å². The number of aliphatic hydroxyl groups is 2. The molecule has 152 valence electrons. The Morgan fingerprint density at radius 2 is 1.89 bits per heavy atom. The predicted molar refractivity (Wildman–Crippen MR) is 118 cm³/mol. The molecule has 3 rings (SSSR count). The molecule has 6 nitrogen and oxygen atoms in total. The summed E-state index contributed by atoms with van der Waals surface area (Å²) < 4.78 is 18.0. The predicted octanol–water partition coefficient (Wildman–Crippen LogP) is 2.65. The first-order valence-electron chi connectivity index (χ1n) is 9.40. The van der Waals surface area contributed by atoms with E-state index in [9.17, 15) is 10.2 Å². The minimum atomic E-state index is -1.44. The highest BCUT2D eigenvalue weighted by molar-refractivity contribution is 9.10. The zero-order valence-corrected chi connectivity index (χ0v) is 19.8. The second-order valence-electron chi connectivity index (χ2n) is 9.10. The van der Waals surface area contributed by atoms with Gasteiger partial charge in [-0.25, -0.2) is 0 Å². The molecule has 1 aromatic heterocycles. The zero-order chi connectivity index (χ0) is 21.1. The first kappa shape index (κ1) is 22.2. The van der Waals surface area contributed by atoms with Crippen LogP contribution in [0.15, 0.2) is 16.6 Å². The van der Waals surface area contributed by atoms with Gasteiger partial charge in [0.15, 0.2) is 7.74 Å². The molecule has 3 atom stereocenters. The molecule has 0 saturated carbocycles. The second-order valence-corrected chi connectivity index (χ2v) is 10.7. The fourth-order valence-corrected chi connectivity index (χ4v) is 5.22. The van der Waals surface area contributed by atoms with E-state index in [0.29, 0.717) is 6.42 Å². The molecule has 0 radical (unpaired) electrons. The minimum Gasteiger partial charge on any atom is -0.410 e. The van der Waals surface area contributed by atoms with Crippen LogP contribution in [0.3, 0.4) is 0 Å². The standard InChI is InChI=1S/C18H27B2BrN2O4S/c1-15(2,24)18(6,25)11(9-17(5)16(3,4)26-20(19)27-17)10-7-8-12(21)13-14(10)28-23-22-13/h7-8,11,24-25H,9,19H2,1-6H3. The maximum atomic E-state index is 11.5. The lowest BCUT2D eigenvalue weighted by molar-refractivity contribution is -0.147. The molecule has 1 saturated heterocycles. The molecule has 2 heterocycles. The van der Waals surface area contributed by atoms with Crippen molar-refractivity contribution in [1.29, 1.82) is 0 Å². The maximum Gasteiger partial charge on any atom is 0.398 e. The summed E-state index contributed by atoms with van der Waals surface area (Å²) in [6.45, 7) is 10.9. The average Bonchev–Trinajstić information content (AvgIpc) is 3.08. The van der Waals surface area contributed by atoms with E-state index in [0.717, 1.165) is 20.3 Å². The third-order valence-corrected chi connectivity index (χ3v) is 7.85. The Bertz CT molecular complexity index is 886. The van der Waals surface area contributed by atoms with E-state index in [4.69, 9.17) is 9.31 Å². The van der Waals surface area contributed by atoms with Crippen molar-refractivity contribution < 1.29 is 19.5 Å². The summed E-state index contributed by atoms with van der Waals surface area (Å²) in [7, 11) is 1.53. The summed E-state index contributed by atoms with van der Waals surface area (Å²) in [4.78, 5) is 0. The molecule has 0 amide bonds. The Morgan fingerprint density at radius 3 is 2.43 bits per heavy atom. The lowest BCUT2D eigenvalue weighted by Gasteiger charge is -2.47. The van der Waals surface area contributed by atoms with E-state index in [1.54, 1.807) is 20.8 Å². The van der Waals surface area contributed by atoms with Crippen LogP contribution in [-0.4, -0.2) is 57.0 Å². The molecule has 0 bridgehead atoms. The molecule has 1 fully saturated rings. The SMILES string of the molecule is BB1OC(C)(C)C(C)(CC(c2ccc(Br)c3nnsc23)C(C)(O)C(C)(C)O)O1. The second kappa shape index (κ2) is 7.03. The van der Waals surface area contributed by atoms with Crippen LogP contribution < -0.4 is 0 Å². The van der Waals surface area contributed by atoms with Gasteiger partial charge >= 0.3 is 7.01 Å². The smallest absolute Gasteiger partial charge is 0.398 e. The molecule has 28 heavy (non-hydrogen) atoms. The van der Waals surface area contributed by atoms with Crippen LogP contribution in [0.2, 0.25) is 0 Å². The highest BCUT2D eigenvalue weighted by Gasteiger charge is 2.56. The van der Waals surface area contributed by atoms with Crippen LogP contribution in [-0.2, 0) is 9.31 Å². The monoisotopic (exact) mass is 468 g/mol. The summed E-state index contributed by atoms with van der Waals surface area (Å²) in [6.07, 6.45) is 0.454. The normalized spacial score (nSPS) is 25.8. The minimum absolute atomic E-state index is 0.345. The van der Waals surface area contributed by atoms with Crippen molar-refractivity contribution in [3.8, 4) is 0 Å². The summed E-state index contributed by atoms with van der Waals surface area (Å²) in [5.41, 5.74) is -2.36. The molecule has 0 spiro atoms. The third kappa shape index (κ3) is 3.56. The Hall–Kier alpha value is -0.510. The molecule has 1 aliphatic rings. The number of nitrogens with zero attached hydrogens (tertiary/aromatic N) is 2. The number of hydrogen-bond donors (Lipinski definition) is 2. The Labute approximate surface area is 179 Å². The summed E-state index contributed by atoms with van der Waals surface area (Å²) >= 11 is 4.81. The molecule has 3 unspecified atom stereocenters. The Kier molecular flexibility index (Phi) is 5.57. The van der Waals surface area contributed by atoms with Crippen LogP contribution in [0, 0.1) is 0 Å². The molecular formula is C18H27B2BrN2O4S. The van der Waals surface area contributed by atoms with Gasteiger partial charge in [-0.15, -0.1) is 5.10 Å². The van der Waals surface area contributed by atoms with Gasteiger partial charge in [-0.3, -0.25) is 0 Å². The van der Waals surface area contributed by atoms with Crippen molar-refractivity contribution in [2.24, 2.45) is 0 Å². The van der Waals surface area contributed by atoms with Crippen molar-refractivity contribution in [3.63, 3.8) is 0 Å². The fraction of sp³-hybridized carbons (Fsp3) is 0.667. The molecular weight excluding hydrogens is 442 g/mol. The molecule has 2 N–H and O–H groups in total. The van der Waals surface area contributed by atoms with Gasteiger partial charge in [0.1, 0.15) is 5.52 Å². The van der Waals surface area contributed by atoms with Crippen molar-refractivity contribution in [1.82, 2.24) is 9.59 Å². The molecule has 1 aromatic carbocycles. The number of halogens is 1. The summed E-state index contributed by atoms with van der Waals surface area (Å²) in [5, 5.41) is 26.6. The third-order valence-electron chi connectivity index (χ3n) is 6.43. The number of rotatable bonds is 5. The van der Waals surface area contributed by atoms with Gasteiger partial charge in [0.2, 0.25) is 0 Å². The van der Waals surface area contributed by atoms with Crippen molar-refractivity contribution in [2.75, 3.05) is 0 Å². The van der Waals surface area contributed by atoms with Crippen LogP contribution in [0.5, 0.6) is 0 Å². The fourth-order valence-electron chi connectivity index (χ4n) is 3.92. The highest BCUT2D eigenvalue weighted by Crippen LogP contribution is 2.50. The molecule has 2 aromatic rings. The molecule has 10 heteroatoms. The number of hydrogen-bond acceptors (Lipinski definition) is 7. The van der Waals surface area contributed by atoms with E-state index in [1.807, 2.05) is 40.6 Å². The van der Waals surface area contributed by atoms with Crippen LogP contribution in [0.1, 0.15) is 59.4 Å². The number of aromatic nitrogens is 2. The van der Waals surface area contributed by atoms with E-state index in [1.165, 1.54) is 11.5 Å². The van der Waals surface area contributed by atoms with E-state index in [-0.39, 0.29) is 7.01 Å². The number of benzene rings is 1. The van der Waals surface area contributed by atoms with Crippen molar-refractivity contribution >= 4 is 52.4 Å². The van der Waals surface area contributed by atoms with Gasteiger partial charge < -0.3 is 19.5 Å². The lowest BCUT2D eigenvalue weighted by Crippen LogP contribution is -2.55. The van der Waals surface area contributed by atoms with Crippen LogP contribution >= 0.6 is 27.5 Å². The summed E-state index contributed by atoms with van der Waals surface area (Å²) in [5.74, 6) is -0.441. The Balaban J connectivity index is 2.17. The quantitative estimate of drug-likeness (QED) is 0.656. The molecule has 1 aliphatic heterocycles. The zero-order valence-electron chi connectivity index (χ0n) is 17.4. The largest absolute Gasteiger partial charge is 0.410 e. The van der Waals surface area contributed by atoms with Gasteiger partial charge in [0.25, 0.3) is 0 Å². The highest BCUT2D eigenvalue weighted by atomic mass is 79.9.